The van der Waals surface area contributed by atoms with Gasteiger partial charge in [0.25, 0.3) is 0 Å². The minimum Gasteiger partial charge on any atom is -0.371 e. The minimum absolute atomic E-state index is 0.0866. The third kappa shape index (κ3) is 2.78. The zero-order chi connectivity index (χ0) is 14.0. The highest BCUT2D eigenvalue weighted by atomic mass is 19.1. The van der Waals surface area contributed by atoms with Gasteiger partial charge < -0.3 is 10.6 Å². The predicted molar refractivity (Wildman–Crippen MR) is 68.1 cm³/mol. The van der Waals surface area contributed by atoms with Crippen LogP contribution in [0.3, 0.4) is 0 Å². The Bertz CT molecular complexity index is 614. The van der Waals surface area contributed by atoms with Crippen LogP contribution in [0.1, 0.15) is 5.56 Å². The minimum atomic E-state index is -0.850. The maximum absolute atomic E-state index is 13.5. The molecule has 0 amide bonds. The van der Waals surface area contributed by atoms with Crippen molar-refractivity contribution < 1.29 is 13.2 Å². The molecule has 0 saturated heterocycles. The van der Waals surface area contributed by atoms with Gasteiger partial charge in [-0.15, -0.1) is 0 Å². The third-order valence-electron chi connectivity index (χ3n) is 2.60. The summed E-state index contributed by atoms with van der Waals surface area (Å²) in [6, 6.07) is 5.07. The second-order valence-electron chi connectivity index (χ2n) is 3.99. The summed E-state index contributed by atoms with van der Waals surface area (Å²) in [5, 5.41) is 5.11. The van der Waals surface area contributed by atoms with E-state index in [9.17, 15) is 13.2 Å². The Kier molecular flexibility index (Phi) is 3.59. The van der Waals surface area contributed by atoms with Crippen LogP contribution in [0, 0.1) is 24.4 Å². The molecule has 6 heteroatoms. The molecular formula is C13H12F3N3. The van der Waals surface area contributed by atoms with Gasteiger partial charge in [0, 0.05) is 18.8 Å². The summed E-state index contributed by atoms with van der Waals surface area (Å²) in [6.45, 7) is 1.62. The molecule has 0 aliphatic rings. The van der Waals surface area contributed by atoms with E-state index in [0.29, 0.717) is 17.3 Å². The molecule has 100 valence electrons. The molecule has 2 N–H and O–H groups in total. The van der Waals surface area contributed by atoms with Gasteiger partial charge in [0.2, 0.25) is 0 Å². The third-order valence-corrected chi connectivity index (χ3v) is 2.60. The molecule has 3 nitrogen and oxygen atoms in total. The SMILES string of the molecule is CNc1nc(Nc2ccc(C)c(F)c2)c(F)cc1F. The highest BCUT2D eigenvalue weighted by Crippen LogP contribution is 2.23. The number of hydrogen-bond acceptors (Lipinski definition) is 3. The van der Waals surface area contributed by atoms with Crippen LogP contribution in [0.4, 0.5) is 30.5 Å². The van der Waals surface area contributed by atoms with Crippen molar-refractivity contribution in [3.63, 3.8) is 0 Å². The molecule has 19 heavy (non-hydrogen) atoms. The zero-order valence-corrected chi connectivity index (χ0v) is 10.4. The average molecular weight is 267 g/mol. The zero-order valence-electron chi connectivity index (χ0n) is 10.4. The van der Waals surface area contributed by atoms with Crippen molar-refractivity contribution in [1.82, 2.24) is 4.98 Å². The van der Waals surface area contributed by atoms with Crippen molar-refractivity contribution in [2.24, 2.45) is 0 Å². The monoisotopic (exact) mass is 267 g/mol. The lowest BCUT2D eigenvalue weighted by atomic mass is 10.2. The van der Waals surface area contributed by atoms with E-state index in [4.69, 9.17) is 0 Å². The Morgan fingerprint density at radius 1 is 0.947 bits per heavy atom. The number of pyridine rings is 1. The number of aromatic nitrogens is 1. The van der Waals surface area contributed by atoms with Gasteiger partial charge in [-0.05, 0) is 24.6 Å². The largest absolute Gasteiger partial charge is 0.371 e. The number of benzene rings is 1. The lowest BCUT2D eigenvalue weighted by Crippen LogP contribution is -2.03. The van der Waals surface area contributed by atoms with Crippen LogP contribution >= 0.6 is 0 Å². The molecule has 1 aromatic carbocycles. The summed E-state index contributed by atoms with van der Waals surface area (Å²) in [5.41, 5.74) is 0.817. The molecule has 0 atom stereocenters. The normalized spacial score (nSPS) is 10.4. The smallest absolute Gasteiger partial charge is 0.169 e. The molecule has 1 heterocycles. The van der Waals surface area contributed by atoms with Gasteiger partial charge in [0.15, 0.2) is 23.3 Å². The number of anilines is 3. The average Bonchev–Trinajstić information content (AvgIpc) is 2.37. The molecule has 1 aromatic heterocycles. The molecule has 2 aromatic rings. The molecule has 0 spiro atoms. The van der Waals surface area contributed by atoms with Gasteiger partial charge >= 0.3 is 0 Å². The van der Waals surface area contributed by atoms with Gasteiger partial charge in [0.1, 0.15) is 5.82 Å². The summed E-state index contributed by atoms with van der Waals surface area (Å²) in [4.78, 5) is 3.74. The van der Waals surface area contributed by atoms with Crippen LogP contribution in [0.25, 0.3) is 0 Å². The second kappa shape index (κ2) is 5.17. The van der Waals surface area contributed by atoms with Crippen molar-refractivity contribution in [1.29, 1.82) is 0 Å². The molecule has 0 aliphatic carbocycles. The Hall–Kier alpha value is -2.24. The first-order valence-electron chi connectivity index (χ1n) is 5.58. The number of halogens is 3. The molecule has 0 unspecified atom stereocenters. The lowest BCUT2D eigenvalue weighted by molar-refractivity contribution is 0.580. The maximum atomic E-state index is 13.5. The number of nitrogens with one attached hydrogen (secondary N) is 2. The fourth-order valence-corrected chi connectivity index (χ4v) is 1.54. The van der Waals surface area contributed by atoms with Crippen LogP contribution in [-0.4, -0.2) is 12.0 Å². The van der Waals surface area contributed by atoms with Gasteiger partial charge in [-0.1, -0.05) is 6.07 Å². The van der Waals surface area contributed by atoms with Crippen LogP contribution in [0.2, 0.25) is 0 Å². The first kappa shape index (κ1) is 13.2. The number of aryl methyl sites for hydroxylation is 1. The van der Waals surface area contributed by atoms with Crippen molar-refractivity contribution in [3.05, 3.63) is 47.3 Å². The number of hydrogen-bond donors (Lipinski definition) is 2. The predicted octanol–water partition coefficient (Wildman–Crippen LogP) is 3.59. The van der Waals surface area contributed by atoms with Crippen molar-refractivity contribution in [2.75, 3.05) is 17.7 Å². The first-order valence-corrected chi connectivity index (χ1v) is 5.58. The van der Waals surface area contributed by atoms with E-state index in [1.165, 1.54) is 13.1 Å². The topological polar surface area (TPSA) is 37.0 Å². The maximum Gasteiger partial charge on any atom is 0.169 e. The molecule has 0 fully saturated rings. The van der Waals surface area contributed by atoms with Crippen LogP contribution < -0.4 is 10.6 Å². The second-order valence-corrected chi connectivity index (χ2v) is 3.99. The molecule has 0 radical (unpaired) electrons. The van der Waals surface area contributed by atoms with E-state index >= 15 is 0 Å². The molecular weight excluding hydrogens is 255 g/mol. The Labute approximate surface area is 108 Å². The standard InChI is InChI=1S/C13H12F3N3/c1-7-3-4-8(5-9(7)14)18-13-11(16)6-10(15)12(17-2)19-13/h3-6H,1-2H3,(H2,17,18,19). The van der Waals surface area contributed by atoms with Gasteiger partial charge in [-0.3, -0.25) is 0 Å². The summed E-state index contributed by atoms with van der Waals surface area (Å²) in [5.74, 6) is -2.31. The van der Waals surface area contributed by atoms with Crippen molar-refractivity contribution >= 4 is 17.3 Å². The highest BCUT2D eigenvalue weighted by molar-refractivity contribution is 5.59. The molecule has 2 rings (SSSR count). The summed E-state index contributed by atoms with van der Waals surface area (Å²) in [7, 11) is 1.47. The van der Waals surface area contributed by atoms with Crippen molar-refractivity contribution in [2.45, 2.75) is 6.92 Å². The van der Waals surface area contributed by atoms with E-state index < -0.39 is 17.5 Å². The Morgan fingerprint density at radius 3 is 2.26 bits per heavy atom. The van der Waals surface area contributed by atoms with Crippen LogP contribution in [0.15, 0.2) is 24.3 Å². The Morgan fingerprint density at radius 2 is 1.63 bits per heavy atom. The number of nitrogens with zero attached hydrogens (tertiary/aromatic N) is 1. The van der Waals surface area contributed by atoms with E-state index in [2.05, 4.69) is 15.6 Å². The van der Waals surface area contributed by atoms with Gasteiger partial charge in [0.05, 0.1) is 0 Å². The Balaban J connectivity index is 2.34. The fraction of sp³-hybridized carbons (Fsp3) is 0.154. The first-order chi connectivity index (χ1) is 9.01. The summed E-state index contributed by atoms with van der Waals surface area (Å²) < 4.78 is 40.1. The van der Waals surface area contributed by atoms with Gasteiger partial charge in [-0.25, -0.2) is 18.2 Å². The quantitative estimate of drug-likeness (QED) is 0.892. The van der Waals surface area contributed by atoms with Crippen LogP contribution in [0.5, 0.6) is 0 Å². The molecule has 0 saturated carbocycles. The highest BCUT2D eigenvalue weighted by Gasteiger charge is 2.11. The fourth-order valence-electron chi connectivity index (χ4n) is 1.54. The van der Waals surface area contributed by atoms with E-state index in [1.807, 2.05) is 0 Å². The van der Waals surface area contributed by atoms with E-state index in [1.54, 1.807) is 19.1 Å². The molecule has 0 aliphatic heterocycles. The lowest BCUT2D eigenvalue weighted by Gasteiger charge is -2.10. The van der Waals surface area contributed by atoms with E-state index in [0.717, 1.165) is 0 Å². The summed E-state index contributed by atoms with van der Waals surface area (Å²) >= 11 is 0. The summed E-state index contributed by atoms with van der Waals surface area (Å²) in [6.07, 6.45) is 0. The van der Waals surface area contributed by atoms with Crippen LogP contribution in [-0.2, 0) is 0 Å². The number of rotatable bonds is 3. The van der Waals surface area contributed by atoms with Crippen molar-refractivity contribution in [3.8, 4) is 0 Å². The van der Waals surface area contributed by atoms with E-state index in [-0.39, 0.29) is 11.6 Å². The van der Waals surface area contributed by atoms with Gasteiger partial charge in [-0.2, -0.15) is 0 Å². The molecule has 0 bridgehead atoms.